The second-order valence-electron chi connectivity index (χ2n) is 10.4. The zero-order chi connectivity index (χ0) is 23.7. The Morgan fingerprint density at radius 3 is 1.66 bits per heavy atom. The Balaban J connectivity index is 1.77. The molecule has 0 unspecified atom stereocenters. The minimum absolute atomic E-state index is 0.119. The first kappa shape index (κ1) is 23.6. The summed E-state index contributed by atoms with van der Waals surface area (Å²) in [5.41, 5.74) is 9.43. The summed E-state index contributed by atoms with van der Waals surface area (Å²) in [6, 6.07) is 15.9. The number of carbonyl (C=O) groups excluding carboxylic acids is 1. The molecule has 32 heavy (non-hydrogen) atoms. The van der Waals surface area contributed by atoms with Crippen LogP contribution in [0.15, 0.2) is 60.9 Å². The van der Waals surface area contributed by atoms with E-state index in [-0.39, 0.29) is 5.41 Å². The number of rotatable bonds is 4. The van der Waals surface area contributed by atoms with Crippen molar-refractivity contribution < 1.29 is 9.53 Å². The summed E-state index contributed by atoms with van der Waals surface area (Å²) in [5.74, 6) is 0.151. The van der Waals surface area contributed by atoms with Gasteiger partial charge in [-0.3, -0.25) is 0 Å². The lowest BCUT2D eigenvalue weighted by Gasteiger charge is -2.28. The van der Waals surface area contributed by atoms with Crippen LogP contribution in [-0.4, -0.2) is 21.5 Å². The van der Waals surface area contributed by atoms with Gasteiger partial charge in [-0.15, -0.1) is 0 Å². The van der Waals surface area contributed by atoms with Gasteiger partial charge in [0, 0.05) is 23.5 Å². The molecule has 0 aliphatic heterocycles. The third-order valence-electron chi connectivity index (χ3n) is 5.30. The molecule has 168 valence electrons. The Kier molecular flexibility index (Phi) is 6.25. The van der Waals surface area contributed by atoms with E-state index in [1.165, 1.54) is 5.56 Å². The van der Waals surface area contributed by atoms with Gasteiger partial charge in [0.25, 0.3) is 0 Å². The van der Waals surface area contributed by atoms with Gasteiger partial charge in [-0.1, -0.05) is 69.3 Å². The van der Waals surface area contributed by atoms with Gasteiger partial charge in [0.2, 0.25) is 0 Å². The first-order chi connectivity index (χ1) is 14.8. The standard InChI is InChI=1S/C27H33N3O2/c1-25(2,3)21-12-8-18(9-13-21)20-16-29-23(30-17-20)19-10-14-22(15-11-19)27(7,28)24(31)32-26(4,5)6/h8-17H,28H2,1-7H3/t27-/m0/s1. The topological polar surface area (TPSA) is 78.1 Å². The quantitative estimate of drug-likeness (QED) is 0.542. The molecule has 0 saturated heterocycles. The summed E-state index contributed by atoms with van der Waals surface area (Å²) in [6.07, 6.45) is 3.66. The lowest BCUT2D eigenvalue weighted by atomic mass is 9.86. The van der Waals surface area contributed by atoms with E-state index in [9.17, 15) is 4.79 Å². The van der Waals surface area contributed by atoms with Crippen LogP contribution in [0.25, 0.3) is 22.5 Å². The van der Waals surface area contributed by atoms with Gasteiger partial charge >= 0.3 is 5.97 Å². The van der Waals surface area contributed by atoms with E-state index < -0.39 is 17.1 Å². The van der Waals surface area contributed by atoms with Crippen molar-refractivity contribution in [3.63, 3.8) is 0 Å². The number of ether oxygens (including phenoxy) is 1. The molecule has 5 heteroatoms. The Bertz CT molecular complexity index is 1070. The minimum atomic E-state index is -1.24. The summed E-state index contributed by atoms with van der Waals surface area (Å²) < 4.78 is 5.46. The second kappa shape index (κ2) is 8.47. The first-order valence-corrected chi connectivity index (χ1v) is 10.8. The molecule has 0 aliphatic carbocycles. The fourth-order valence-electron chi connectivity index (χ4n) is 3.26. The normalized spacial score (nSPS) is 14.0. The van der Waals surface area contributed by atoms with Crippen molar-refractivity contribution in [3.8, 4) is 22.5 Å². The number of esters is 1. The van der Waals surface area contributed by atoms with Crippen molar-refractivity contribution in [1.82, 2.24) is 9.97 Å². The highest BCUT2D eigenvalue weighted by Crippen LogP contribution is 2.27. The second-order valence-corrected chi connectivity index (χ2v) is 10.4. The first-order valence-electron chi connectivity index (χ1n) is 10.8. The molecule has 0 aliphatic rings. The van der Waals surface area contributed by atoms with Crippen LogP contribution in [0.1, 0.15) is 59.6 Å². The van der Waals surface area contributed by atoms with Gasteiger partial charge < -0.3 is 10.5 Å². The van der Waals surface area contributed by atoms with Crippen molar-refractivity contribution in [3.05, 3.63) is 72.1 Å². The number of hydrogen-bond donors (Lipinski definition) is 1. The van der Waals surface area contributed by atoms with Crippen LogP contribution in [-0.2, 0) is 20.5 Å². The summed E-state index contributed by atoms with van der Waals surface area (Å²) in [5, 5.41) is 0. The molecular weight excluding hydrogens is 398 g/mol. The fourth-order valence-corrected chi connectivity index (χ4v) is 3.26. The maximum Gasteiger partial charge on any atom is 0.331 e. The van der Waals surface area contributed by atoms with Crippen molar-refractivity contribution in [1.29, 1.82) is 0 Å². The van der Waals surface area contributed by atoms with Crippen LogP contribution in [0.5, 0.6) is 0 Å². The third kappa shape index (κ3) is 5.40. The zero-order valence-corrected chi connectivity index (χ0v) is 20.1. The van der Waals surface area contributed by atoms with Crippen molar-refractivity contribution in [2.24, 2.45) is 5.73 Å². The molecule has 0 amide bonds. The lowest BCUT2D eigenvalue weighted by molar-refractivity contribution is -0.161. The minimum Gasteiger partial charge on any atom is -0.458 e. The average Bonchev–Trinajstić information content (AvgIpc) is 2.72. The monoisotopic (exact) mass is 431 g/mol. The highest BCUT2D eigenvalue weighted by atomic mass is 16.6. The van der Waals surface area contributed by atoms with Crippen molar-refractivity contribution in [2.75, 3.05) is 0 Å². The average molecular weight is 432 g/mol. The summed E-state index contributed by atoms with van der Waals surface area (Å²) in [6.45, 7) is 13.7. The summed E-state index contributed by atoms with van der Waals surface area (Å²) in [7, 11) is 0. The van der Waals surface area contributed by atoms with Crippen LogP contribution >= 0.6 is 0 Å². The van der Waals surface area contributed by atoms with Gasteiger partial charge in [-0.25, -0.2) is 14.8 Å². The Labute approximate surface area is 191 Å². The number of aromatic nitrogens is 2. The van der Waals surface area contributed by atoms with Gasteiger partial charge in [-0.2, -0.15) is 0 Å². The predicted octanol–water partition coefficient (Wildman–Crippen LogP) is 5.62. The lowest BCUT2D eigenvalue weighted by Crippen LogP contribution is -2.45. The van der Waals surface area contributed by atoms with Crippen LogP contribution in [0, 0.1) is 0 Å². The molecule has 0 saturated carbocycles. The predicted molar refractivity (Wildman–Crippen MR) is 129 cm³/mol. The Morgan fingerprint density at radius 1 is 0.719 bits per heavy atom. The molecule has 3 aromatic rings. The molecule has 1 aromatic heterocycles. The molecule has 0 spiro atoms. The van der Waals surface area contributed by atoms with E-state index in [0.29, 0.717) is 11.4 Å². The van der Waals surface area contributed by atoms with Crippen LogP contribution in [0.3, 0.4) is 0 Å². The van der Waals surface area contributed by atoms with Gasteiger partial charge in [-0.05, 0) is 49.8 Å². The van der Waals surface area contributed by atoms with Crippen LogP contribution in [0.4, 0.5) is 0 Å². The van der Waals surface area contributed by atoms with Crippen LogP contribution in [0.2, 0.25) is 0 Å². The highest BCUT2D eigenvalue weighted by molar-refractivity contribution is 5.82. The van der Waals surface area contributed by atoms with Crippen LogP contribution < -0.4 is 5.73 Å². The largest absolute Gasteiger partial charge is 0.458 e. The van der Waals surface area contributed by atoms with Gasteiger partial charge in [0.05, 0.1) is 0 Å². The Hall–Kier alpha value is -3.05. The SMILES string of the molecule is CC(C)(C)OC(=O)[C@@](C)(N)c1ccc(-c2ncc(-c3ccc(C(C)(C)C)cc3)cn2)cc1. The number of nitrogens with zero attached hydrogens (tertiary/aromatic N) is 2. The molecule has 3 rings (SSSR count). The fraction of sp³-hybridized carbons (Fsp3) is 0.370. The molecule has 0 bridgehead atoms. The number of hydrogen-bond acceptors (Lipinski definition) is 5. The van der Waals surface area contributed by atoms with Gasteiger partial charge in [0.15, 0.2) is 5.82 Å². The molecular formula is C27H33N3O2. The molecule has 0 fully saturated rings. The Morgan fingerprint density at radius 2 is 1.19 bits per heavy atom. The van der Waals surface area contributed by atoms with Crippen molar-refractivity contribution >= 4 is 5.97 Å². The molecule has 0 radical (unpaired) electrons. The van der Waals surface area contributed by atoms with Gasteiger partial charge in [0.1, 0.15) is 11.1 Å². The van der Waals surface area contributed by atoms with E-state index in [4.69, 9.17) is 10.5 Å². The molecule has 1 atom stereocenters. The third-order valence-corrected chi connectivity index (χ3v) is 5.30. The summed E-state index contributed by atoms with van der Waals surface area (Å²) in [4.78, 5) is 21.6. The molecule has 2 N–H and O–H groups in total. The van der Waals surface area contributed by atoms with E-state index in [2.05, 4.69) is 55.0 Å². The van der Waals surface area contributed by atoms with E-state index in [1.54, 1.807) is 6.92 Å². The van der Waals surface area contributed by atoms with E-state index in [0.717, 1.165) is 16.7 Å². The van der Waals surface area contributed by atoms with E-state index in [1.807, 2.05) is 57.4 Å². The smallest absolute Gasteiger partial charge is 0.331 e. The molecule has 2 aromatic carbocycles. The van der Waals surface area contributed by atoms with Crippen molar-refractivity contribution in [2.45, 2.75) is 65.0 Å². The number of carbonyl (C=O) groups is 1. The molecule has 5 nitrogen and oxygen atoms in total. The number of nitrogens with two attached hydrogens (primary N) is 1. The summed E-state index contributed by atoms with van der Waals surface area (Å²) >= 11 is 0. The number of benzene rings is 2. The maximum atomic E-state index is 12.5. The highest BCUT2D eigenvalue weighted by Gasteiger charge is 2.35. The molecule has 1 heterocycles. The van der Waals surface area contributed by atoms with E-state index >= 15 is 0 Å². The maximum absolute atomic E-state index is 12.5. The zero-order valence-electron chi connectivity index (χ0n) is 20.1.